The number of hydrogen-bond acceptors (Lipinski definition) is 5. The van der Waals surface area contributed by atoms with Crippen LogP contribution >= 0.6 is 11.8 Å². The first-order valence-corrected chi connectivity index (χ1v) is 10.9. The summed E-state index contributed by atoms with van der Waals surface area (Å²) < 4.78 is 22.2. The number of halogens is 1. The van der Waals surface area contributed by atoms with E-state index in [1.807, 2.05) is 0 Å². The van der Waals surface area contributed by atoms with Crippen LogP contribution in [0.4, 0.5) is 4.39 Å². The van der Waals surface area contributed by atoms with Gasteiger partial charge in [0.1, 0.15) is 11.6 Å². The molecule has 0 N–H and O–H groups in total. The zero-order valence-electron chi connectivity index (χ0n) is 16.1. The van der Waals surface area contributed by atoms with Crippen molar-refractivity contribution in [1.29, 1.82) is 0 Å². The van der Waals surface area contributed by atoms with Crippen LogP contribution in [0.5, 0.6) is 5.75 Å². The predicted octanol–water partition coefficient (Wildman–Crippen LogP) is 5.07. The van der Waals surface area contributed by atoms with Crippen molar-refractivity contribution in [3.8, 4) is 17.1 Å². The zero-order valence-corrected chi connectivity index (χ0v) is 17.0. The highest BCUT2D eigenvalue weighted by Gasteiger charge is 2.23. The molecule has 2 aliphatic rings. The normalized spacial score (nSPS) is 16.6. The van der Waals surface area contributed by atoms with E-state index in [9.17, 15) is 4.39 Å². The van der Waals surface area contributed by atoms with Gasteiger partial charge in [0.05, 0.1) is 17.4 Å². The van der Waals surface area contributed by atoms with Crippen molar-refractivity contribution in [3.63, 3.8) is 0 Å². The Morgan fingerprint density at radius 3 is 2.76 bits per heavy atom. The maximum absolute atomic E-state index is 14.3. The molecule has 0 radical (unpaired) electrons. The minimum Gasteiger partial charge on any atom is -0.490 e. The van der Waals surface area contributed by atoms with Crippen LogP contribution < -0.4 is 4.74 Å². The quantitative estimate of drug-likeness (QED) is 0.605. The highest BCUT2D eigenvalue weighted by atomic mass is 32.2. The Labute approximate surface area is 173 Å². The number of ether oxygens (including phenoxy) is 1. The van der Waals surface area contributed by atoms with Crippen LogP contribution in [0.3, 0.4) is 0 Å². The van der Waals surface area contributed by atoms with Crippen LogP contribution in [0.2, 0.25) is 0 Å². The fourth-order valence-electron chi connectivity index (χ4n) is 3.77. The van der Waals surface area contributed by atoms with Crippen LogP contribution in [0.25, 0.3) is 11.4 Å². The van der Waals surface area contributed by atoms with E-state index in [1.165, 1.54) is 18.9 Å². The Morgan fingerprint density at radius 1 is 1.10 bits per heavy atom. The molecule has 0 atom stereocenters. The predicted molar refractivity (Wildman–Crippen MR) is 112 cm³/mol. The van der Waals surface area contributed by atoms with Crippen molar-refractivity contribution in [3.05, 3.63) is 59.4 Å². The second kappa shape index (κ2) is 7.63. The highest BCUT2D eigenvalue weighted by Crippen LogP contribution is 2.32. The molecule has 0 saturated heterocycles. The van der Waals surface area contributed by atoms with E-state index in [2.05, 4.69) is 35.3 Å². The molecule has 2 heterocycles. The molecule has 3 aromatic rings. The van der Waals surface area contributed by atoms with E-state index in [0.29, 0.717) is 28.4 Å². The van der Waals surface area contributed by atoms with Crippen LogP contribution in [-0.4, -0.2) is 32.4 Å². The average Bonchev–Trinajstić information content (AvgIpc) is 3.39. The van der Waals surface area contributed by atoms with Crippen LogP contribution in [0, 0.1) is 12.7 Å². The molecule has 1 aliphatic carbocycles. The van der Waals surface area contributed by atoms with Crippen molar-refractivity contribution < 1.29 is 9.13 Å². The largest absolute Gasteiger partial charge is 0.490 e. The molecule has 0 bridgehead atoms. The van der Waals surface area contributed by atoms with Gasteiger partial charge in [0, 0.05) is 11.3 Å². The van der Waals surface area contributed by atoms with Crippen molar-refractivity contribution >= 4 is 17.5 Å². The molecule has 5 nitrogen and oxygen atoms in total. The molecule has 2 aromatic carbocycles. The smallest absolute Gasteiger partial charge is 0.212 e. The molecule has 7 heteroatoms. The second-order valence-corrected chi connectivity index (χ2v) is 8.38. The number of aromatic nitrogens is 3. The van der Waals surface area contributed by atoms with Crippen LogP contribution in [0.15, 0.2) is 52.7 Å². The van der Waals surface area contributed by atoms with E-state index in [0.717, 1.165) is 35.4 Å². The molecule has 1 fully saturated rings. The van der Waals surface area contributed by atoms with Crippen molar-refractivity contribution in [2.75, 3.05) is 5.75 Å². The second-order valence-electron chi connectivity index (χ2n) is 7.44. The van der Waals surface area contributed by atoms with Gasteiger partial charge in [-0.05, 0) is 56.4 Å². The number of nitrogens with zero attached hydrogens (tertiary/aromatic N) is 4. The summed E-state index contributed by atoms with van der Waals surface area (Å²) in [4.78, 5) is 0. The summed E-state index contributed by atoms with van der Waals surface area (Å²) in [5.74, 6) is 1.68. The lowest BCUT2D eigenvalue weighted by Gasteiger charge is -2.18. The fourth-order valence-corrected chi connectivity index (χ4v) is 4.61. The van der Waals surface area contributed by atoms with Gasteiger partial charge in [-0.3, -0.25) is 0 Å². The number of rotatable bonds is 4. The summed E-state index contributed by atoms with van der Waals surface area (Å²) in [6, 6.07) is 12.8. The summed E-state index contributed by atoms with van der Waals surface area (Å²) >= 11 is 1.55. The SMILES string of the molecule is Cc1ccc(C2=Nn3c(nnc3-c3ccccc3F)SC2)cc1OC1CCCC1. The number of benzene rings is 2. The molecule has 148 valence electrons. The van der Waals surface area contributed by atoms with Gasteiger partial charge in [-0.15, -0.1) is 10.2 Å². The van der Waals surface area contributed by atoms with Gasteiger partial charge in [0.2, 0.25) is 5.16 Å². The lowest BCUT2D eigenvalue weighted by atomic mass is 10.1. The summed E-state index contributed by atoms with van der Waals surface area (Å²) in [6.07, 6.45) is 5.03. The van der Waals surface area contributed by atoms with Gasteiger partial charge in [0.15, 0.2) is 5.82 Å². The number of aryl methyl sites for hydroxylation is 1. The van der Waals surface area contributed by atoms with Gasteiger partial charge in [-0.1, -0.05) is 36.0 Å². The van der Waals surface area contributed by atoms with Crippen LogP contribution in [0.1, 0.15) is 36.8 Å². The lowest BCUT2D eigenvalue weighted by molar-refractivity contribution is 0.208. The molecule has 1 saturated carbocycles. The first kappa shape index (κ1) is 18.4. The summed E-state index contributed by atoms with van der Waals surface area (Å²) in [5.41, 5.74) is 3.43. The standard InChI is InChI=1S/C22H21FN4OS/c1-14-10-11-15(12-20(14)28-16-6-2-3-7-16)19-13-29-22-25-24-21(27(22)26-19)17-8-4-5-9-18(17)23/h4-5,8-12,16H,2-3,6-7,13H2,1H3. The first-order valence-electron chi connectivity index (χ1n) is 9.88. The molecule has 0 amide bonds. The minimum atomic E-state index is -0.336. The molecular weight excluding hydrogens is 387 g/mol. The molecule has 1 aromatic heterocycles. The first-order chi connectivity index (χ1) is 14.2. The topological polar surface area (TPSA) is 52.3 Å². The highest BCUT2D eigenvalue weighted by molar-refractivity contribution is 7.99. The summed E-state index contributed by atoms with van der Waals surface area (Å²) in [6.45, 7) is 2.07. The van der Waals surface area contributed by atoms with Crippen molar-refractivity contribution in [1.82, 2.24) is 14.9 Å². The fraction of sp³-hybridized carbons (Fsp3) is 0.318. The van der Waals surface area contributed by atoms with Gasteiger partial charge in [-0.2, -0.15) is 9.78 Å². The Balaban J connectivity index is 1.50. The molecule has 1 aliphatic heterocycles. The minimum absolute atomic E-state index is 0.309. The van der Waals surface area contributed by atoms with Gasteiger partial charge in [0.25, 0.3) is 0 Å². The van der Waals surface area contributed by atoms with E-state index in [-0.39, 0.29) is 5.82 Å². The zero-order chi connectivity index (χ0) is 19.8. The third-order valence-corrected chi connectivity index (χ3v) is 6.33. The number of thioether (sulfide) groups is 1. The third kappa shape index (κ3) is 3.55. The average molecular weight is 409 g/mol. The third-order valence-electron chi connectivity index (χ3n) is 5.40. The maximum atomic E-state index is 14.3. The Kier molecular flexibility index (Phi) is 4.83. The van der Waals surface area contributed by atoms with Gasteiger partial charge >= 0.3 is 0 Å². The van der Waals surface area contributed by atoms with Crippen molar-refractivity contribution in [2.45, 2.75) is 43.9 Å². The van der Waals surface area contributed by atoms with Crippen LogP contribution in [-0.2, 0) is 0 Å². The van der Waals surface area contributed by atoms with E-state index >= 15 is 0 Å². The Bertz CT molecular complexity index is 1090. The van der Waals surface area contributed by atoms with Gasteiger partial charge < -0.3 is 4.74 Å². The molecule has 0 spiro atoms. The molecular formula is C22H21FN4OS. The Hall–Kier alpha value is -2.67. The Morgan fingerprint density at radius 2 is 1.93 bits per heavy atom. The monoisotopic (exact) mass is 408 g/mol. The van der Waals surface area contributed by atoms with E-state index in [1.54, 1.807) is 34.6 Å². The summed E-state index contributed by atoms with van der Waals surface area (Å²) in [5, 5.41) is 13.8. The molecule has 0 unspecified atom stereocenters. The maximum Gasteiger partial charge on any atom is 0.212 e. The number of hydrogen-bond donors (Lipinski definition) is 0. The molecule has 29 heavy (non-hydrogen) atoms. The van der Waals surface area contributed by atoms with Crippen molar-refractivity contribution in [2.24, 2.45) is 5.10 Å². The summed E-state index contributed by atoms with van der Waals surface area (Å²) in [7, 11) is 0. The van der Waals surface area contributed by atoms with Gasteiger partial charge in [-0.25, -0.2) is 4.39 Å². The van der Waals surface area contributed by atoms with E-state index in [4.69, 9.17) is 9.84 Å². The lowest BCUT2D eigenvalue weighted by Crippen LogP contribution is -2.15. The molecule has 5 rings (SSSR count). The van der Waals surface area contributed by atoms with E-state index < -0.39 is 0 Å². The number of fused-ring (bicyclic) bond motifs is 1.